The number of hydrogen-bond acceptors (Lipinski definition) is 3. The summed E-state index contributed by atoms with van der Waals surface area (Å²) in [6.45, 7) is 2.53. The normalized spacial score (nSPS) is 12.1. The van der Waals surface area contributed by atoms with E-state index in [1.54, 1.807) is 36.1 Å². The van der Waals surface area contributed by atoms with Gasteiger partial charge in [0.2, 0.25) is 0 Å². The molecule has 0 fully saturated rings. The zero-order chi connectivity index (χ0) is 18.8. The minimum Gasteiger partial charge on any atom is -0.462 e. The molecule has 0 unspecified atom stereocenters. The van der Waals surface area contributed by atoms with Gasteiger partial charge < -0.3 is 14.6 Å². The van der Waals surface area contributed by atoms with E-state index in [-0.39, 0.29) is 6.03 Å². The molecule has 6 heteroatoms. The number of ether oxygens (including phenoxy) is 1. The largest absolute Gasteiger partial charge is 0.462 e. The van der Waals surface area contributed by atoms with Crippen LogP contribution in [0.25, 0.3) is 5.69 Å². The Balaban J connectivity index is 1.59. The number of fused-ring (bicyclic) bond motifs is 3. The van der Waals surface area contributed by atoms with Crippen LogP contribution in [0.5, 0.6) is 0 Å². The molecule has 1 N–H and O–H groups in total. The van der Waals surface area contributed by atoms with Crippen molar-refractivity contribution in [3.05, 3.63) is 78.1 Å². The number of benzene rings is 2. The van der Waals surface area contributed by atoms with Gasteiger partial charge in [-0.05, 0) is 49.4 Å². The Labute approximate surface area is 157 Å². The van der Waals surface area contributed by atoms with Crippen molar-refractivity contribution in [3.63, 3.8) is 0 Å². The molecular weight excluding hydrogens is 342 g/mol. The number of esters is 1. The lowest BCUT2D eigenvalue weighted by Crippen LogP contribution is -2.38. The van der Waals surface area contributed by atoms with Gasteiger partial charge in [-0.25, -0.2) is 9.59 Å². The highest BCUT2D eigenvalue weighted by molar-refractivity contribution is 6.04. The zero-order valence-corrected chi connectivity index (χ0v) is 14.9. The van der Waals surface area contributed by atoms with Crippen molar-refractivity contribution >= 4 is 23.4 Å². The predicted octanol–water partition coefficient (Wildman–Crippen LogP) is 4.21. The maximum Gasteiger partial charge on any atom is 0.338 e. The van der Waals surface area contributed by atoms with Crippen LogP contribution >= 0.6 is 0 Å². The number of para-hydroxylation sites is 2. The molecule has 0 aliphatic carbocycles. The molecule has 1 aliphatic heterocycles. The lowest BCUT2D eigenvalue weighted by Gasteiger charge is -2.31. The Morgan fingerprint density at radius 3 is 2.67 bits per heavy atom. The quantitative estimate of drug-likeness (QED) is 0.711. The molecule has 3 aromatic rings. The molecule has 6 nitrogen and oxygen atoms in total. The summed E-state index contributed by atoms with van der Waals surface area (Å²) in [5.74, 6) is -0.408. The maximum atomic E-state index is 13.0. The molecule has 0 saturated carbocycles. The molecule has 27 heavy (non-hydrogen) atoms. The van der Waals surface area contributed by atoms with Gasteiger partial charge in [-0.3, -0.25) is 4.90 Å². The number of urea groups is 1. The number of carbonyl (C=O) groups is 2. The first-order valence-corrected chi connectivity index (χ1v) is 8.78. The second kappa shape index (κ2) is 6.99. The first-order chi connectivity index (χ1) is 13.2. The Morgan fingerprint density at radius 1 is 1.04 bits per heavy atom. The van der Waals surface area contributed by atoms with Crippen molar-refractivity contribution in [3.8, 4) is 5.69 Å². The van der Waals surface area contributed by atoms with Gasteiger partial charge in [0, 0.05) is 17.6 Å². The average molecular weight is 361 g/mol. The number of rotatable bonds is 3. The molecule has 1 aromatic heterocycles. The summed E-state index contributed by atoms with van der Waals surface area (Å²) >= 11 is 0. The fourth-order valence-electron chi connectivity index (χ4n) is 3.23. The standard InChI is InChI=1S/C21H19N3O3/c1-2-27-20(25)15-7-5-8-16(13-15)22-21(26)24-14-17-9-6-12-23(17)18-10-3-4-11-19(18)24/h3-13H,2,14H2,1H3,(H,22,26). The van der Waals surface area contributed by atoms with Crippen LogP contribution in [0.3, 0.4) is 0 Å². The molecule has 0 bridgehead atoms. The van der Waals surface area contributed by atoms with E-state index in [0.29, 0.717) is 24.4 Å². The molecule has 0 saturated heterocycles. The van der Waals surface area contributed by atoms with Gasteiger partial charge in [0.1, 0.15) is 0 Å². The van der Waals surface area contributed by atoms with Gasteiger partial charge in [-0.2, -0.15) is 0 Å². The third-order valence-corrected chi connectivity index (χ3v) is 4.46. The molecule has 1 aliphatic rings. The van der Waals surface area contributed by atoms with E-state index < -0.39 is 5.97 Å². The highest BCUT2D eigenvalue weighted by Gasteiger charge is 2.26. The van der Waals surface area contributed by atoms with Crippen LogP contribution in [-0.2, 0) is 11.3 Å². The lowest BCUT2D eigenvalue weighted by atomic mass is 10.2. The van der Waals surface area contributed by atoms with Crippen molar-refractivity contribution < 1.29 is 14.3 Å². The summed E-state index contributed by atoms with van der Waals surface area (Å²) < 4.78 is 7.10. The Hall–Kier alpha value is -3.54. The monoisotopic (exact) mass is 361 g/mol. The first-order valence-electron chi connectivity index (χ1n) is 8.78. The van der Waals surface area contributed by atoms with Gasteiger partial charge in [-0.1, -0.05) is 18.2 Å². The fraction of sp³-hybridized carbons (Fsp3) is 0.143. The minimum atomic E-state index is -0.408. The van der Waals surface area contributed by atoms with E-state index in [9.17, 15) is 9.59 Å². The van der Waals surface area contributed by atoms with Crippen LogP contribution in [-0.4, -0.2) is 23.2 Å². The Kier molecular flexibility index (Phi) is 4.38. The van der Waals surface area contributed by atoms with Crippen LogP contribution in [0.4, 0.5) is 16.2 Å². The van der Waals surface area contributed by atoms with Gasteiger partial charge in [0.25, 0.3) is 0 Å². The zero-order valence-electron chi connectivity index (χ0n) is 14.9. The predicted molar refractivity (Wildman–Crippen MR) is 103 cm³/mol. The SMILES string of the molecule is CCOC(=O)c1cccc(NC(=O)N2Cc3cccn3-c3ccccc32)c1. The number of carbonyl (C=O) groups excluding carboxylic acids is 2. The van der Waals surface area contributed by atoms with E-state index in [1.807, 2.05) is 42.6 Å². The van der Waals surface area contributed by atoms with Crippen LogP contribution in [0.15, 0.2) is 66.9 Å². The topological polar surface area (TPSA) is 63.6 Å². The van der Waals surface area contributed by atoms with E-state index in [0.717, 1.165) is 17.1 Å². The van der Waals surface area contributed by atoms with Gasteiger partial charge in [0.05, 0.1) is 30.1 Å². The number of anilines is 2. The molecular formula is C21H19N3O3. The summed E-state index contributed by atoms with van der Waals surface area (Å²) in [4.78, 5) is 26.6. The Bertz CT molecular complexity index is 1010. The van der Waals surface area contributed by atoms with Gasteiger partial charge in [0.15, 0.2) is 0 Å². The number of nitrogens with zero attached hydrogens (tertiary/aromatic N) is 2. The summed E-state index contributed by atoms with van der Waals surface area (Å²) in [7, 11) is 0. The first kappa shape index (κ1) is 16.9. The third kappa shape index (κ3) is 3.17. The minimum absolute atomic E-state index is 0.254. The number of aromatic nitrogens is 1. The number of nitrogens with one attached hydrogen (secondary N) is 1. The molecule has 2 aromatic carbocycles. The van der Waals surface area contributed by atoms with Crippen LogP contribution < -0.4 is 10.2 Å². The van der Waals surface area contributed by atoms with Gasteiger partial charge in [-0.15, -0.1) is 0 Å². The number of amides is 2. The highest BCUT2D eigenvalue weighted by atomic mass is 16.5. The summed E-state index contributed by atoms with van der Waals surface area (Å²) in [6.07, 6.45) is 1.99. The van der Waals surface area contributed by atoms with Gasteiger partial charge >= 0.3 is 12.0 Å². The lowest BCUT2D eigenvalue weighted by molar-refractivity contribution is 0.0526. The van der Waals surface area contributed by atoms with Crippen LogP contribution in [0.1, 0.15) is 23.0 Å². The van der Waals surface area contributed by atoms with Crippen LogP contribution in [0.2, 0.25) is 0 Å². The second-order valence-corrected chi connectivity index (χ2v) is 6.18. The van der Waals surface area contributed by atoms with Crippen molar-refractivity contribution in [1.82, 2.24) is 4.57 Å². The molecule has 0 atom stereocenters. The fourth-order valence-corrected chi connectivity index (χ4v) is 3.23. The van der Waals surface area contributed by atoms with Crippen LogP contribution in [0, 0.1) is 0 Å². The third-order valence-electron chi connectivity index (χ3n) is 4.46. The molecule has 2 amide bonds. The smallest absolute Gasteiger partial charge is 0.338 e. The van der Waals surface area contributed by atoms with E-state index in [2.05, 4.69) is 9.88 Å². The van der Waals surface area contributed by atoms with Crippen molar-refractivity contribution in [2.45, 2.75) is 13.5 Å². The molecule has 0 radical (unpaired) electrons. The summed E-state index contributed by atoms with van der Waals surface area (Å²) in [5, 5.41) is 2.88. The number of hydrogen-bond donors (Lipinski definition) is 1. The molecule has 4 rings (SSSR count). The molecule has 0 spiro atoms. The highest BCUT2D eigenvalue weighted by Crippen LogP contribution is 2.32. The van der Waals surface area contributed by atoms with E-state index in [1.165, 1.54) is 0 Å². The summed E-state index contributed by atoms with van der Waals surface area (Å²) in [5.41, 5.74) is 3.77. The van der Waals surface area contributed by atoms with Crippen molar-refractivity contribution in [2.75, 3.05) is 16.8 Å². The van der Waals surface area contributed by atoms with E-state index >= 15 is 0 Å². The van der Waals surface area contributed by atoms with E-state index in [4.69, 9.17) is 4.74 Å². The Morgan fingerprint density at radius 2 is 1.85 bits per heavy atom. The maximum absolute atomic E-state index is 13.0. The molecule has 136 valence electrons. The van der Waals surface area contributed by atoms with Crippen molar-refractivity contribution in [1.29, 1.82) is 0 Å². The van der Waals surface area contributed by atoms with Crippen molar-refractivity contribution in [2.24, 2.45) is 0 Å². The second-order valence-electron chi connectivity index (χ2n) is 6.18. The molecule has 2 heterocycles. The summed E-state index contributed by atoms with van der Waals surface area (Å²) in [6, 6.07) is 18.2. The average Bonchev–Trinajstić information content (AvgIpc) is 3.16.